The van der Waals surface area contributed by atoms with Crippen LogP contribution in [0.1, 0.15) is 34.1 Å². The molecule has 0 amide bonds. The van der Waals surface area contributed by atoms with Crippen LogP contribution in [0.15, 0.2) is 0 Å². The minimum Gasteiger partial charge on any atom is -0.467 e. The van der Waals surface area contributed by atoms with Gasteiger partial charge < -0.3 is 14.4 Å². The van der Waals surface area contributed by atoms with E-state index in [-0.39, 0.29) is 22.8 Å². The number of ketones is 1. The van der Waals surface area contributed by atoms with E-state index in [0.717, 1.165) is 0 Å². The van der Waals surface area contributed by atoms with Crippen molar-refractivity contribution >= 4 is 29.1 Å². The number of ether oxygens (including phenoxy) is 2. The summed E-state index contributed by atoms with van der Waals surface area (Å²) in [5.41, 5.74) is -0.438. The van der Waals surface area contributed by atoms with Crippen molar-refractivity contribution in [2.75, 3.05) is 13.7 Å². The smallest absolute Gasteiger partial charge is 0.328 e. The fourth-order valence-electron chi connectivity index (χ4n) is 2.01. The summed E-state index contributed by atoms with van der Waals surface area (Å²) in [5.74, 6) is -0.538. The molecule has 0 bridgehead atoms. The molecular weight excluding hydrogens is 266 g/mol. The lowest BCUT2D eigenvalue weighted by Gasteiger charge is -2.30. The van der Waals surface area contributed by atoms with E-state index < -0.39 is 11.6 Å². The third kappa shape index (κ3) is 4.16. The molecule has 0 aromatic rings. The summed E-state index contributed by atoms with van der Waals surface area (Å²) in [6.07, 6.45) is 0.426. The van der Waals surface area contributed by atoms with Crippen molar-refractivity contribution in [1.29, 1.82) is 0 Å². The molecule has 6 heteroatoms. The molecule has 2 atom stereocenters. The molecule has 0 unspecified atom stereocenters. The van der Waals surface area contributed by atoms with Gasteiger partial charge >= 0.3 is 5.97 Å². The Morgan fingerprint density at radius 1 is 1.32 bits per heavy atom. The van der Waals surface area contributed by atoms with Gasteiger partial charge in [-0.15, -0.1) is 0 Å². The summed E-state index contributed by atoms with van der Waals surface area (Å²) in [5, 5.41) is 0.242. The van der Waals surface area contributed by atoms with E-state index in [0.29, 0.717) is 13.0 Å². The van der Waals surface area contributed by atoms with E-state index in [1.54, 1.807) is 4.90 Å². The van der Waals surface area contributed by atoms with Crippen LogP contribution in [0.4, 0.5) is 0 Å². The number of hydrogen-bond donors (Lipinski definition) is 0. The van der Waals surface area contributed by atoms with Crippen molar-refractivity contribution in [1.82, 2.24) is 4.90 Å². The number of carbonyl (C=O) groups excluding carboxylic acids is 2. The Morgan fingerprint density at radius 2 is 1.89 bits per heavy atom. The van der Waals surface area contributed by atoms with E-state index in [9.17, 15) is 9.59 Å². The molecule has 1 aliphatic rings. The van der Waals surface area contributed by atoms with E-state index >= 15 is 0 Å². The standard InChI is InChI=1S/C13H21NO4S/c1-8(15)9-6-10(11(16)17-5)14(7-9)12(19)18-13(2,3)4/h9-10H,6-7H2,1-5H3/t9-,10+/m1/s1. The second kappa shape index (κ2) is 5.86. The highest BCUT2D eigenvalue weighted by Crippen LogP contribution is 2.27. The number of carbonyl (C=O) groups is 2. The average Bonchev–Trinajstić information content (AvgIpc) is 2.70. The molecule has 108 valence electrons. The van der Waals surface area contributed by atoms with Crippen molar-refractivity contribution in [3.8, 4) is 0 Å². The number of thiocarbonyl (C=S) groups is 1. The van der Waals surface area contributed by atoms with Crippen LogP contribution in [0, 0.1) is 5.92 Å². The monoisotopic (exact) mass is 287 g/mol. The third-order valence-corrected chi connectivity index (χ3v) is 3.30. The molecule has 1 fully saturated rings. The zero-order valence-electron chi connectivity index (χ0n) is 12.1. The molecule has 1 heterocycles. The summed E-state index contributed by atoms with van der Waals surface area (Å²) in [7, 11) is 1.33. The minimum absolute atomic E-state index is 0.0509. The van der Waals surface area contributed by atoms with Crippen molar-refractivity contribution in [3.05, 3.63) is 0 Å². The number of rotatable bonds is 2. The molecule has 0 radical (unpaired) electrons. The van der Waals surface area contributed by atoms with Crippen LogP contribution in [-0.2, 0) is 19.1 Å². The van der Waals surface area contributed by atoms with E-state index in [4.69, 9.17) is 21.7 Å². The maximum absolute atomic E-state index is 11.8. The first-order valence-electron chi connectivity index (χ1n) is 6.23. The highest BCUT2D eigenvalue weighted by molar-refractivity contribution is 7.80. The molecule has 1 rings (SSSR count). The number of Topliss-reactive ketones (excluding diaryl/α,β-unsaturated/α-hetero) is 1. The van der Waals surface area contributed by atoms with Gasteiger partial charge in [-0.1, -0.05) is 0 Å². The van der Waals surface area contributed by atoms with Crippen LogP contribution >= 0.6 is 12.2 Å². The van der Waals surface area contributed by atoms with Gasteiger partial charge in [-0.2, -0.15) is 0 Å². The van der Waals surface area contributed by atoms with Crippen LogP contribution in [0.25, 0.3) is 0 Å². The van der Waals surface area contributed by atoms with E-state index in [2.05, 4.69) is 0 Å². The Morgan fingerprint density at radius 3 is 2.32 bits per heavy atom. The number of esters is 1. The molecule has 0 spiro atoms. The van der Waals surface area contributed by atoms with Crippen LogP contribution in [-0.4, -0.2) is 47.1 Å². The SMILES string of the molecule is COC(=O)[C@@H]1C[C@@H](C(C)=O)CN1C(=S)OC(C)(C)C. The van der Waals surface area contributed by atoms with Gasteiger partial charge in [0.15, 0.2) is 0 Å². The summed E-state index contributed by atoms with van der Waals surface area (Å²) < 4.78 is 10.4. The molecule has 0 aliphatic carbocycles. The quantitative estimate of drug-likeness (QED) is 0.567. The van der Waals surface area contributed by atoms with Gasteiger partial charge in [0.25, 0.3) is 5.17 Å². The van der Waals surface area contributed by atoms with Crippen LogP contribution < -0.4 is 0 Å². The molecule has 0 saturated carbocycles. The molecular formula is C13H21NO4S. The van der Waals surface area contributed by atoms with Crippen molar-refractivity contribution in [3.63, 3.8) is 0 Å². The number of hydrogen-bond acceptors (Lipinski definition) is 5. The molecule has 19 heavy (non-hydrogen) atoms. The molecule has 0 N–H and O–H groups in total. The fraction of sp³-hybridized carbons (Fsp3) is 0.769. The van der Waals surface area contributed by atoms with Crippen LogP contribution in [0.5, 0.6) is 0 Å². The van der Waals surface area contributed by atoms with Gasteiger partial charge in [0.1, 0.15) is 17.4 Å². The number of likely N-dealkylation sites (tertiary alicyclic amines) is 1. The normalized spacial score (nSPS) is 23.1. The predicted molar refractivity (Wildman–Crippen MR) is 74.7 cm³/mol. The first kappa shape index (κ1) is 15.9. The van der Waals surface area contributed by atoms with Gasteiger partial charge in [-0.3, -0.25) is 4.79 Å². The average molecular weight is 287 g/mol. The molecule has 1 saturated heterocycles. The lowest BCUT2D eigenvalue weighted by atomic mass is 10.0. The predicted octanol–water partition coefficient (Wildman–Crippen LogP) is 1.54. The van der Waals surface area contributed by atoms with Crippen LogP contribution in [0.2, 0.25) is 0 Å². The minimum atomic E-state index is -0.534. The lowest BCUT2D eigenvalue weighted by molar-refractivity contribution is -0.145. The van der Waals surface area contributed by atoms with Gasteiger partial charge in [-0.25, -0.2) is 4.79 Å². The largest absolute Gasteiger partial charge is 0.467 e. The summed E-state index contributed by atoms with van der Waals surface area (Å²) >= 11 is 5.23. The molecule has 5 nitrogen and oxygen atoms in total. The van der Waals surface area contributed by atoms with E-state index in [1.807, 2.05) is 20.8 Å². The highest BCUT2D eigenvalue weighted by Gasteiger charge is 2.41. The summed E-state index contributed by atoms with van der Waals surface area (Å²) in [4.78, 5) is 24.9. The first-order chi connectivity index (χ1) is 8.65. The van der Waals surface area contributed by atoms with Gasteiger partial charge in [-0.05, 0) is 46.3 Å². The van der Waals surface area contributed by atoms with Crippen LogP contribution in [0.3, 0.4) is 0 Å². The Bertz CT molecular complexity index is 389. The maximum atomic E-state index is 11.8. The second-order valence-electron chi connectivity index (χ2n) is 5.71. The maximum Gasteiger partial charge on any atom is 0.328 e. The van der Waals surface area contributed by atoms with Gasteiger partial charge in [0, 0.05) is 12.5 Å². The lowest BCUT2D eigenvalue weighted by Crippen LogP contribution is -2.43. The third-order valence-electron chi connectivity index (χ3n) is 2.98. The Balaban J connectivity index is 2.85. The van der Waals surface area contributed by atoms with Gasteiger partial charge in [0.05, 0.1) is 7.11 Å². The van der Waals surface area contributed by atoms with Gasteiger partial charge in [0.2, 0.25) is 0 Å². The van der Waals surface area contributed by atoms with Crippen molar-refractivity contribution in [2.45, 2.75) is 45.8 Å². The Kier molecular flexibility index (Phi) is 4.90. The molecule has 1 aliphatic heterocycles. The summed E-state index contributed by atoms with van der Waals surface area (Å²) in [6.45, 7) is 7.57. The molecule has 0 aromatic heterocycles. The zero-order valence-corrected chi connectivity index (χ0v) is 12.9. The van der Waals surface area contributed by atoms with E-state index in [1.165, 1.54) is 14.0 Å². The Labute approximate surface area is 119 Å². The Hall–Kier alpha value is -1.17. The fourth-order valence-corrected chi connectivity index (χ4v) is 2.46. The van der Waals surface area contributed by atoms with Crippen molar-refractivity contribution < 1.29 is 19.1 Å². The zero-order chi connectivity index (χ0) is 14.8. The number of nitrogens with zero attached hydrogens (tertiary/aromatic N) is 1. The first-order valence-corrected chi connectivity index (χ1v) is 6.64. The molecule has 0 aromatic carbocycles. The second-order valence-corrected chi connectivity index (χ2v) is 6.06. The number of methoxy groups -OCH3 is 1. The highest BCUT2D eigenvalue weighted by atomic mass is 32.1. The van der Waals surface area contributed by atoms with Crippen molar-refractivity contribution in [2.24, 2.45) is 5.92 Å². The topological polar surface area (TPSA) is 55.8 Å². The summed E-state index contributed by atoms with van der Waals surface area (Å²) in [6, 6.07) is -0.534.